The quantitative estimate of drug-likeness (QED) is 0.889. The third-order valence-corrected chi connectivity index (χ3v) is 4.96. The lowest BCUT2D eigenvalue weighted by Gasteiger charge is -2.16. The zero-order valence-corrected chi connectivity index (χ0v) is 11.1. The number of carboxylic acid groups (broad SMARTS) is 1. The minimum Gasteiger partial charge on any atom is -0.481 e. The van der Waals surface area contributed by atoms with Crippen molar-refractivity contribution in [1.82, 2.24) is 0 Å². The number of aryl methyl sites for hydroxylation is 2. The molecule has 2 atom stereocenters. The Morgan fingerprint density at radius 2 is 2.12 bits per heavy atom. The van der Waals surface area contributed by atoms with Gasteiger partial charge in [0.25, 0.3) is 0 Å². The number of thioether (sulfide) groups is 1. The van der Waals surface area contributed by atoms with Gasteiger partial charge in [0.05, 0.1) is 5.92 Å². The van der Waals surface area contributed by atoms with Gasteiger partial charge in [0.15, 0.2) is 0 Å². The molecular formula is C14H18O2S. The van der Waals surface area contributed by atoms with Crippen molar-refractivity contribution in [3.8, 4) is 0 Å². The van der Waals surface area contributed by atoms with Gasteiger partial charge in [-0.3, -0.25) is 4.79 Å². The van der Waals surface area contributed by atoms with Crippen LogP contribution in [-0.2, 0) is 4.79 Å². The van der Waals surface area contributed by atoms with E-state index < -0.39 is 5.97 Å². The van der Waals surface area contributed by atoms with Gasteiger partial charge in [-0.2, -0.15) is 0 Å². The Morgan fingerprint density at radius 3 is 2.76 bits per heavy atom. The molecule has 0 radical (unpaired) electrons. The van der Waals surface area contributed by atoms with Crippen molar-refractivity contribution in [2.75, 3.05) is 0 Å². The molecule has 17 heavy (non-hydrogen) atoms. The average Bonchev–Trinajstić information content (AvgIpc) is 2.70. The first-order chi connectivity index (χ1) is 8.08. The summed E-state index contributed by atoms with van der Waals surface area (Å²) in [6.45, 7) is 4.18. The van der Waals surface area contributed by atoms with Crippen LogP contribution in [0.4, 0.5) is 0 Å². The summed E-state index contributed by atoms with van der Waals surface area (Å²) in [6.07, 6.45) is 2.90. The van der Waals surface area contributed by atoms with Gasteiger partial charge in [-0.25, -0.2) is 0 Å². The number of carboxylic acids is 1. The summed E-state index contributed by atoms with van der Waals surface area (Å²) in [4.78, 5) is 12.4. The summed E-state index contributed by atoms with van der Waals surface area (Å²) in [5.41, 5.74) is 2.51. The van der Waals surface area contributed by atoms with Crippen LogP contribution in [0.1, 0.15) is 30.4 Å². The van der Waals surface area contributed by atoms with Gasteiger partial charge < -0.3 is 5.11 Å². The maximum atomic E-state index is 11.1. The minimum absolute atomic E-state index is 0.166. The number of benzene rings is 1. The van der Waals surface area contributed by atoms with E-state index in [0.29, 0.717) is 0 Å². The molecule has 1 aliphatic carbocycles. The molecule has 0 spiro atoms. The van der Waals surface area contributed by atoms with E-state index in [9.17, 15) is 4.79 Å². The normalized spacial score (nSPS) is 23.9. The van der Waals surface area contributed by atoms with Gasteiger partial charge in [-0.1, -0.05) is 24.1 Å². The molecule has 3 heteroatoms. The Balaban J connectivity index is 2.12. The Bertz CT molecular complexity index is 428. The first kappa shape index (κ1) is 12.5. The lowest BCUT2D eigenvalue weighted by molar-refractivity contribution is -0.141. The Morgan fingerprint density at radius 1 is 1.35 bits per heavy atom. The highest BCUT2D eigenvalue weighted by atomic mass is 32.2. The lowest BCUT2D eigenvalue weighted by Crippen LogP contribution is -2.20. The second kappa shape index (κ2) is 5.13. The van der Waals surface area contributed by atoms with Crippen LogP contribution in [-0.4, -0.2) is 16.3 Å². The SMILES string of the molecule is Cc1ccc(SC2CCCC2C(=O)O)c(C)c1. The molecule has 1 aromatic carbocycles. The summed E-state index contributed by atoms with van der Waals surface area (Å²) in [6, 6.07) is 6.37. The molecule has 92 valence electrons. The highest BCUT2D eigenvalue weighted by molar-refractivity contribution is 8.00. The lowest BCUT2D eigenvalue weighted by atomic mass is 10.1. The molecule has 2 rings (SSSR count). The molecule has 2 unspecified atom stereocenters. The highest BCUT2D eigenvalue weighted by Crippen LogP contribution is 2.40. The summed E-state index contributed by atoms with van der Waals surface area (Å²) in [5, 5.41) is 9.41. The van der Waals surface area contributed by atoms with Crippen molar-refractivity contribution in [2.45, 2.75) is 43.3 Å². The standard InChI is InChI=1S/C14H18O2S/c1-9-6-7-12(10(2)8-9)17-13-5-3-4-11(13)14(15)16/h6-8,11,13H,3-5H2,1-2H3,(H,15,16). The van der Waals surface area contributed by atoms with Crippen molar-refractivity contribution >= 4 is 17.7 Å². The van der Waals surface area contributed by atoms with Crippen molar-refractivity contribution in [3.05, 3.63) is 29.3 Å². The number of hydrogen-bond donors (Lipinski definition) is 1. The van der Waals surface area contributed by atoms with Gasteiger partial charge >= 0.3 is 5.97 Å². The van der Waals surface area contributed by atoms with E-state index in [0.717, 1.165) is 19.3 Å². The third-order valence-electron chi connectivity index (χ3n) is 3.38. The van der Waals surface area contributed by atoms with E-state index in [4.69, 9.17) is 5.11 Å². The second-order valence-electron chi connectivity index (χ2n) is 4.80. The molecular weight excluding hydrogens is 232 g/mol. The molecule has 0 heterocycles. The van der Waals surface area contributed by atoms with Crippen LogP contribution in [0, 0.1) is 19.8 Å². The van der Waals surface area contributed by atoms with Gasteiger partial charge in [0, 0.05) is 10.1 Å². The van der Waals surface area contributed by atoms with Crippen LogP contribution in [0.5, 0.6) is 0 Å². The van der Waals surface area contributed by atoms with E-state index in [-0.39, 0.29) is 11.2 Å². The largest absolute Gasteiger partial charge is 0.481 e. The predicted molar refractivity (Wildman–Crippen MR) is 70.5 cm³/mol. The Labute approximate surface area is 106 Å². The number of rotatable bonds is 3. The average molecular weight is 250 g/mol. The predicted octanol–water partition coefficient (Wildman–Crippen LogP) is 3.65. The maximum absolute atomic E-state index is 11.1. The van der Waals surface area contributed by atoms with E-state index in [1.807, 2.05) is 0 Å². The molecule has 0 bridgehead atoms. The van der Waals surface area contributed by atoms with E-state index in [2.05, 4.69) is 32.0 Å². The maximum Gasteiger partial charge on any atom is 0.307 e. The van der Waals surface area contributed by atoms with Crippen molar-refractivity contribution in [2.24, 2.45) is 5.92 Å². The van der Waals surface area contributed by atoms with Crippen molar-refractivity contribution < 1.29 is 9.90 Å². The topological polar surface area (TPSA) is 37.3 Å². The van der Waals surface area contributed by atoms with E-state index >= 15 is 0 Å². The molecule has 2 nitrogen and oxygen atoms in total. The van der Waals surface area contributed by atoms with Crippen LogP contribution in [0.15, 0.2) is 23.1 Å². The summed E-state index contributed by atoms with van der Waals surface area (Å²) in [5.74, 6) is -0.800. The van der Waals surface area contributed by atoms with Crippen molar-refractivity contribution in [3.63, 3.8) is 0 Å². The van der Waals surface area contributed by atoms with E-state index in [1.54, 1.807) is 11.8 Å². The minimum atomic E-state index is -0.634. The number of aliphatic carboxylic acids is 1. The number of carbonyl (C=O) groups is 1. The fraction of sp³-hybridized carbons (Fsp3) is 0.500. The molecule has 1 N–H and O–H groups in total. The fourth-order valence-corrected chi connectivity index (χ4v) is 3.86. The second-order valence-corrected chi connectivity index (χ2v) is 6.08. The third kappa shape index (κ3) is 2.83. The van der Waals surface area contributed by atoms with Crippen LogP contribution < -0.4 is 0 Å². The van der Waals surface area contributed by atoms with E-state index in [1.165, 1.54) is 16.0 Å². The van der Waals surface area contributed by atoms with Gasteiger partial charge in [-0.15, -0.1) is 11.8 Å². The van der Waals surface area contributed by atoms with Crippen LogP contribution in [0.25, 0.3) is 0 Å². The van der Waals surface area contributed by atoms with Crippen LogP contribution in [0.3, 0.4) is 0 Å². The molecule has 1 saturated carbocycles. The van der Waals surface area contributed by atoms with Crippen molar-refractivity contribution in [1.29, 1.82) is 0 Å². The summed E-state index contributed by atoms with van der Waals surface area (Å²) < 4.78 is 0. The summed E-state index contributed by atoms with van der Waals surface area (Å²) in [7, 11) is 0. The first-order valence-electron chi connectivity index (χ1n) is 6.04. The van der Waals surface area contributed by atoms with Gasteiger partial charge in [0.2, 0.25) is 0 Å². The molecule has 0 amide bonds. The zero-order chi connectivity index (χ0) is 12.4. The molecule has 0 saturated heterocycles. The van der Waals surface area contributed by atoms with Gasteiger partial charge in [-0.05, 0) is 38.3 Å². The van der Waals surface area contributed by atoms with Crippen LogP contribution >= 0.6 is 11.8 Å². The molecule has 1 aromatic rings. The monoisotopic (exact) mass is 250 g/mol. The molecule has 1 aliphatic rings. The molecule has 0 aromatic heterocycles. The Kier molecular flexibility index (Phi) is 3.77. The first-order valence-corrected chi connectivity index (χ1v) is 6.92. The van der Waals surface area contributed by atoms with Crippen LogP contribution in [0.2, 0.25) is 0 Å². The summed E-state index contributed by atoms with van der Waals surface area (Å²) >= 11 is 1.74. The van der Waals surface area contributed by atoms with Gasteiger partial charge in [0.1, 0.15) is 0 Å². The number of hydrogen-bond acceptors (Lipinski definition) is 2. The zero-order valence-electron chi connectivity index (χ0n) is 10.3. The molecule has 1 fully saturated rings. The molecule has 0 aliphatic heterocycles. The highest BCUT2D eigenvalue weighted by Gasteiger charge is 2.33. The smallest absolute Gasteiger partial charge is 0.307 e. The Hall–Kier alpha value is -0.960. The fourth-order valence-electron chi connectivity index (χ4n) is 2.44.